The first-order valence-electron chi connectivity index (χ1n) is 30.0. The van der Waals surface area contributed by atoms with E-state index < -0.39 is 134 Å². The fourth-order valence-electron chi connectivity index (χ4n) is 11.9. The summed E-state index contributed by atoms with van der Waals surface area (Å²) in [6.45, 7) is 20.4. The number of nitrogens with zero attached hydrogens (tertiary/aromatic N) is 4. The average Bonchev–Trinajstić information content (AvgIpc) is 1.55. The van der Waals surface area contributed by atoms with Crippen LogP contribution in [0.5, 0.6) is 17.2 Å². The number of rotatable bonds is 20. The smallest absolute Gasteiger partial charge is 0.407 e. The lowest BCUT2D eigenvalue weighted by atomic mass is 9.78. The van der Waals surface area contributed by atoms with E-state index in [1.165, 1.54) is 53.2 Å². The SMILES string of the molecule is CCCCOC(=O)NCCN(CCCCC(P(=O)(O)O)P(=O)(O)O)CC(=O)O[C@@H]1[C@@H](C)[C@@H](O)[C@@H](C)[C@H](OC(C)=O)[C@H](C)[C@@H](OC)/C=C/O[C@@]2(C)Oc3c(C)c(O)c4c(O)c(c5c(c4c3C2=O)=NC2(CCN(CC(C)C)CC2)N=5)NC(=O)/C(C)=C\C=C\[C@@H]1C. The molecule has 9 N–H and O–H groups in total. The van der Waals surface area contributed by atoms with Gasteiger partial charge in [0.05, 0.1) is 47.9 Å². The quantitative estimate of drug-likeness (QED) is 0.0242. The maximum absolute atomic E-state index is 15.0. The second-order valence-corrected chi connectivity index (χ2v) is 28.3. The molecule has 5 aliphatic heterocycles. The zero-order valence-corrected chi connectivity index (χ0v) is 54.2. The third-order valence-electron chi connectivity index (χ3n) is 16.9. The van der Waals surface area contributed by atoms with Crippen molar-refractivity contribution >= 4 is 61.4 Å². The molecule has 490 valence electrons. The number of allylic oxidation sites excluding steroid dienone is 2. The van der Waals surface area contributed by atoms with Crippen LogP contribution in [0.2, 0.25) is 0 Å². The Bertz CT molecular complexity index is 3200. The second-order valence-electron chi connectivity index (χ2n) is 24.3. The largest absolute Gasteiger partial charge is 0.507 e. The topological polar surface area (TPSA) is 372 Å². The summed E-state index contributed by atoms with van der Waals surface area (Å²) < 4.78 is 59.9. The van der Waals surface area contributed by atoms with E-state index in [9.17, 15) is 68.0 Å². The Morgan fingerprint density at radius 1 is 0.898 bits per heavy atom. The van der Waals surface area contributed by atoms with Crippen LogP contribution in [-0.2, 0) is 47.2 Å². The lowest BCUT2D eigenvalue weighted by Crippen LogP contribution is -2.48. The van der Waals surface area contributed by atoms with Gasteiger partial charge in [0.1, 0.15) is 34.8 Å². The third kappa shape index (κ3) is 17.0. The first-order chi connectivity index (χ1) is 41.2. The predicted octanol–water partition coefficient (Wildman–Crippen LogP) is 5.98. The minimum absolute atomic E-state index is 0.0218. The molecule has 28 heteroatoms. The molecule has 0 unspecified atom stereocenters. The molecule has 0 aromatic heterocycles. The number of ketones is 1. The number of hydrogen-bond donors (Lipinski definition) is 9. The number of nitrogens with one attached hydrogen (secondary N) is 2. The Morgan fingerprint density at radius 2 is 1.55 bits per heavy atom. The average molecular weight is 1280 g/mol. The van der Waals surface area contributed by atoms with Crippen molar-refractivity contribution in [2.75, 3.05) is 64.8 Å². The number of aliphatic hydroxyl groups excluding tert-OH is 1. The van der Waals surface area contributed by atoms with Gasteiger partial charge in [0, 0.05) is 107 Å². The highest BCUT2D eigenvalue weighted by molar-refractivity contribution is 7.70. The number of anilines is 1. The number of piperidine rings is 1. The molecule has 0 aliphatic carbocycles. The Hall–Kier alpha value is -5.79. The van der Waals surface area contributed by atoms with Gasteiger partial charge in [-0.25, -0.2) is 4.79 Å². The van der Waals surface area contributed by atoms with Crippen LogP contribution < -0.4 is 26.1 Å². The number of ether oxygens (including phenoxy) is 6. The van der Waals surface area contributed by atoms with Crippen LogP contribution in [0, 0.1) is 36.5 Å². The number of hydrogen-bond acceptors (Lipinski definition) is 20. The minimum atomic E-state index is -5.21. The van der Waals surface area contributed by atoms with E-state index in [0.29, 0.717) is 38.3 Å². The molecule has 0 radical (unpaired) electrons. The molecule has 5 aliphatic rings. The van der Waals surface area contributed by atoms with Crippen molar-refractivity contribution in [2.24, 2.45) is 39.6 Å². The van der Waals surface area contributed by atoms with Gasteiger partial charge in [0.15, 0.2) is 16.8 Å². The molecule has 2 aromatic rings. The predicted molar refractivity (Wildman–Crippen MR) is 324 cm³/mol. The number of Topliss-reactive ketones (excluding diaryl/α,β-unsaturated/α-hetero) is 1. The van der Waals surface area contributed by atoms with Crippen molar-refractivity contribution in [3.05, 3.63) is 58.0 Å². The molecule has 0 saturated carbocycles. The number of aromatic hydroxyl groups is 2. The molecule has 2 amide bonds. The summed E-state index contributed by atoms with van der Waals surface area (Å²) in [5, 5.41) is 40.2. The number of carbonyl (C=O) groups is 5. The van der Waals surface area contributed by atoms with Crippen molar-refractivity contribution in [1.29, 1.82) is 0 Å². The molecular weight excluding hydrogens is 1190 g/mol. The van der Waals surface area contributed by atoms with Gasteiger partial charge in [-0.1, -0.05) is 79.5 Å². The molecule has 26 nitrogen and oxygen atoms in total. The van der Waals surface area contributed by atoms with Crippen LogP contribution >= 0.6 is 15.2 Å². The zero-order valence-electron chi connectivity index (χ0n) is 52.4. The first kappa shape index (κ1) is 71.3. The van der Waals surface area contributed by atoms with Crippen molar-refractivity contribution in [3.8, 4) is 17.2 Å². The van der Waals surface area contributed by atoms with Crippen LogP contribution in [0.4, 0.5) is 10.5 Å². The van der Waals surface area contributed by atoms with E-state index in [4.69, 9.17) is 38.4 Å². The van der Waals surface area contributed by atoms with Gasteiger partial charge < -0.3 is 78.8 Å². The van der Waals surface area contributed by atoms with E-state index in [2.05, 4.69) is 29.4 Å². The Labute approximate surface area is 513 Å². The summed E-state index contributed by atoms with van der Waals surface area (Å²) in [6, 6.07) is 0. The molecule has 9 atom stereocenters. The summed E-state index contributed by atoms with van der Waals surface area (Å²) in [5.41, 5.74) is -1.04. The zero-order chi connectivity index (χ0) is 65.4. The number of benzene rings is 2. The molecule has 1 saturated heterocycles. The molecule has 5 bridgehead atoms. The number of fused-ring (bicyclic) bond motifs is 13. The molecule has 1 spiro atoms. The van der Waals surface area contributed by atoms with Crippen molar-refractivity contribution in [1.82, 2.24) is 15.1 Å². The monoisotopic (exact) mass is 1280 g/mol. The number of amides is 2. The Balaban J connectivity index is 1.42. The Morgan fingerprint density at radius 3 is 2.16 bits per heavy atom. The van der Waals surface area contributed by atoms with Crippen LogP contribution in [-0.4, -0.2) is 175 Å². The first-order valence-corrected chi connectivity index (χ1v) is 33.4. The van der Waals surface area contributed by atoms with Crippen molar-refractivity contribution in [2.45, 2.75) is 162 Å². The lowest BCUT2D eigenvalue weighted by molar-refractivity contribution is -0.166. The van der Waals surface area contributed by atoms with Crippen LogP contribution in [0.15, 0.2) is 46.1 Å². The van der Waals surface area contributed by atoms with Gasteiger partial charge >= 0.3 is 39.0 Å². The number of alkyl carbamates (subject to hydrolysis) is 1. The summed E-state index contributed by atoms with van der Waals surface area (Å²) in [4.78, 5) is 122. The van der Waals surface area contributed by atoms with Crippen molar-refractivity contribution < 1.29 is 96.4 Å². The van der Waals surface area contributed by atoms with Gasteiger partial charge in [0.25, 0.3) is 11.7 Å². The fourth-order valence-corrected chi connectivity index (χ4v) is 14.5. The second kappa shape index (κ2) is 29.9. The molecule has 1 fully saturated rings. The lowest BCUT2D eigenvalue weighted by Gasteiger charge is -2.39. The number of esters is 2. The van der Waals surface area contributed by atoms with Crippen LogP contribution in [0.1, 0.15) is 130 Å². The highest BCUT2D eigenvalue weighted by Gasteiger charge is 2.51. The molecular formula is C60H90N6O20P2. The number of methoxy groups -OCH3 is 1. The van der Waals surface area contributed by atoms with E-state index in [0.717, 1.165) is 13.0 Å². The summed E-state index contributed by atoms with van der Waals surface area (Å²) >= 11 is 0. The fraction of sp³-hybridized carbons (Fsp3) is 0.650. The van der Waals surface area contributed by atoms with E-state index in [-0.39, 0.29) is 88.7 Å². The third-order valence-corrected chi connectivity index (χ3v) is 20.7. The summed E-state index contributed by atoms with van der Waals surface area (Å²) in [6.07, 6.45) is 3.92. The number of phenols is 2. The van der Waals surface area contributed by atoms with E-state index in [1.807, 2.05) is 6.92 Å². The highest BCUT2D eigenvalue weighted by Crippen LogP contribution is 2.61. The van der Waals surface area contributed by atoms with Gasteiger partial charge in [-0.3, -0.25) is 43.2 Å². The van der Waals surface area contributed by atoms with Crippen molar-refractivity contribution in [3.63, 3.8) is 0 Å². The maximum Gasteiger partial charge on any atom is 0.407 e. The number of unbranched alkanes of at least 4 members (excludes halogenated alkanes) is 2. The number of aliphatic hydroxyl groups is 1. The van der Waals surface area contributed by atoms with Gasteiger partial charge in [-0.15, -0.1) is 0 Å². The van der Waals surface area contributed by atoms with Gasteiger partial charge in [-0.2, -0.15) is 0 Å². The number of carbonyl (C=O) groups excluding carboxylic acids is 5. The summed E-state index contributed by atoms with van der Waals surface area (Å²) in [5.74, 6) is -8.94. The van der Waals surface area contributed by atoms with Crippen LogP contribution in [0.3, 0.4) is 0 Å². The summed E-state index contributed by atoms with van der Waals surface area (Å²) in [7, 11) is -9.01. The van der Waals surface area contributed by atoms with Gasteiger partial charge in [-0.05, 0) is 51.6 Å². The highest BCUT2D eigenvalue weighted by atomic mass is 31.2. The molecule has 88 heavy (non-hydrogen) atoms. The normalized spacial score (nSPS) is 26.6. The molecule has 7 rings (SSSR count). The number of likely N-dealkylation sites (tertiary alicyclic amines) is 1. The van der Waals surface area contributed by atoms with E-state index >= 15 is 0 Å². The molecule has 5 heterocycles. The standard InChI is InChI=1S/C60H90N6O20P2/c1-13-14-29-82-58(74)61-24-28-65(25-16-15-20-43(87(75,76)77)88(78,79)80)32-42(68)85-53-34(4)18-17-19-35(5)57(73)62-49-48-47(63-60(64-48)22-26-66(27-23-60)31-33(2)3)44-45(52(49)71)51(70)39(9)55-46(44)56(72)59(11,86-55)83-30-21-41(81-12)36(6)54(84-40(10)67)38(8)50(69)37(53)7/h17-19,21,30,33-34,36-38,41,43,50,53-54,69-71H,13-16,20,22-29,31-32H2,1-12H3,(H,61,74)(H,62,73)(H2,75,76,77)(H2,78,79,80)/b18-17+,30-21+,35-19-/t34-,36+,37-,38+,41-,50+,53-,54+,59-/m0/s1. The molecule has 2 aromatic carbocycles. The minimum Gasteiger partial charge on any atom is -0.507 e. The maximum atomic E-state index is 15.0. The Kier molecular flexibility index (Phi) is 24.2. The van der Waals surface area contributed by atoms with Crippen LogP contribution in [0.25, 0.3) is 10.8 Å². The van der Waals surface area contributed by atoms with Gasteiger partial charge in [0.2, 0.25) is 0 Å². The van der Waals surface area contributed by atoms with E-state index in [1.54, 1.807) is 44.7 Å². The number of phenolic OH excluding ortho intramolecular Hbond substituents is 2.